The van der Waals surface area contributed by atoms with Crippen molar-refractivity contribution >= 4 is 0 Å². The van der Waals surface area contributed by atoms with E-state index in [-0.39, 0.29) is 11.2 Å². The Morgan fingerprint density at radius 1 is 1.08 bits per heavy atom. The molecule has 0 spiro atoms. The maximum Gasteiger partial charge on any atom is 0.145 e. The van der Waals surface area contributed by atoms with Gasteiger partial charge in [0.05, 0.1) is 12.8 Å². The molecule has 1 aromatic carbocycles. The lowest BCUT2D eigenvalue weighted by atomic mass is 9.86. The Balaban J connectivity index is 2.11. The third kappa shape index (κ3) is 2.97. The number of ether oxygens (including phenoxy) is 1. The van der Waals surface area contributed by atoms with Crippen molar-refractivity contribution in [1.82, 2.24) is 14.8 Å². The van der Waals surface area contributed by atoms with Gasteiger partial charge in [-0.05, 0) is 29.7 Å². The van der Waals surface area contributed by atoms with Gasteiger partial charge in [-0.15, -0.1) is 0 Å². The number of aromatic hydroxyl groups is 1. The van der Waals surface area contributed by atoms with E-state index in [1.54, 1.807) is 24.1 Å². The Morgan fingerprint density at radius 3 is 2.50 bits per heavy atom. The van der Waals surface area contributed by atoms with Gasteiger partial charge in [0.2, 0.25) is 0 Å². The average Bonchev–Trinajstić information content (AvgIpc) is 3.04. The largest absolute Gasteiger partial charge is 0.505 e. The molecule has 124 valence electrons. The van der Waals surface area contributed by atoms with E-state index in [1.807, 2.05) is 57.3 Å². The van der Waals surface area contributed by atoms with Crippen molar-refractivity contribution in [2.75, 3.05) is 7.11 Å². The summed E-state index contributed by atoms with van der Waals surface area (Å²) in [6.45, 7) is 6.15. The molecule has 0 amide bonds. The maximum atomic E-state index is 10.7. The molecule has 1 N–H and O–H groups in total. The Hall–Kier alpha value is -2.82. The summed E-state index contributed by atoms with van der Waals surface area (Å²) in [6.07, 6.45) is 3.54. The third-order valence-corrected chi connectivity index (χ3v) is 3.87. The molecule has 0 bridgehead atoms. The first-order chi connectivity index (χ1) is 11.4. The van der Waals surface area contributed by atoms with Gasteiger partial charge >= 0.3 is 0 Å². The number of aromatic nitrogens is 3. The van der Waals surface area contributed by atoms with E-state index >= 15 is 0 Å². The lowest BCUT2D eigenvalue weighted by Crippen LogP contribution is -2.13. The van der Waals surface area contributed by atoms with Crippen LogP contribution in [0.2, 0.25) is 0 Å². The van der Waals surface area contributed by atoms with Crippen LogP contribution in [-0.2, 0) is 5.41 Å². The smallest absolute Gasteiger partial charge is 0.145 e. The maximum absolute atomic E-state index is 10.7. The van der Waals surface area contributed by atoms with E-state index in [9.17, 15) is 5.11 Å². The molecule has 5 heteroatoms. The van der Waals surface area contributed by atoms with Gasteiger partial charge in [-0.25, -0.2) is 4.68 Å². The van der Waals surface area contributed by atoms with Gasteiger partial charge in [-0.3, -0.25) is 4.98 Å². The fraction of sp³-hybridized carbons (Fsp3) is 0.263. The average molecular weight is 323 g/mol. The van der Waals surface area contributed by atoms with E-state index in [0.29, 0.717) is 11.4 Å². The quantitative estimate of drug-likeness (QED) is 0.793. The number of methoxy groups -OCH3 is 1. The van der Waals surface area contributed by atoms with Crippen molar-refractivity contribution in [3.8, 4) is 28.6 Å². The standard InChI is InChI=1S/C19H21N3O2/c1-19(2,3)14-11-13(24-4)12-17(18(14)23)22-10-8-16(21-22)15-7-5-6-9-20-15/h5-12,23H,1-4H3. The van der Waals surface area contributed by atoms with Crippen LogP contribution in [0.15, 0.2) is 48.8 Å². The van der Waals surface area contributed by atoms with E-state index in [1.165, 1.54) is 0 Å². The van der Waals surface area contributed by atoms with Gasteiger partial charge in [-0.2, -0.15) is 5.10 Å². The second-order valence-electron chi connectivity index (χ2n) is 6.65. The molecule has 0 radical (unpaired) electrons. The molecule has 0 aliphatic carbocycles. The van der Waals surface area contributed by atoms with Crippen molar-refractivity contribution in [1.29, 1.82) is 0 Å². The van der Waals surface area contributed by atoms with E-state index < -0.39 is 0 Å². The monoisotopic (exact) mass is 323 g/mol. The van der Waals surface area contributed by atoms with Gasteiger partial charge in [0.1, 0.15) is 22.9 Å². The van der Waals surface area contributed by atoms with Gasteiger partial charge in [-0.1, -0.05) is 26.8 Å². The summed E-state index contributed by atoms with van der Waals surface area (Å²) >= 11 is 0. The Kier molecular flexibility index (Phi) is 4.01. The van der Waals surface area contributed by atoms with Crippen LogP contribution in [0.5, 0.6) is 11.5 Å². The van der Waals surface area contributed by atoms with Crippen LogP contribution < -0.4 is 4.74 Å². The second-order valence-corrected chi connectivity index (χ2v) is 6.65. The Labute approximate surface area is 141 Å². The first-order valence-electron chi connectivity index (χ1n) is 7.79. The predicted molar refractivity (Wildman–Crippen MR) is 93.7 cm³/mol. The molecule has 0 fully saturated rings. The summed E-state index contributed by atoms with van der Waals surface area (Å²) in [5, 5.41) is 15.3. The highest BCUT2D eigenvalue weighted by Gasteiger charge is 2.23. The number of benzene rings is 1. The minimum atomic E-state index is -0.218. The first-order valence-corrected chi connectivity index (χ1v) is 7.79. The second kappa shape index (κ2) is 6.00. The summed E-state index contributed by atoms with van der Waals surface area (Å²) in [6, 6.07) is 11.2. The number of phenols is 1. The fourth-order valence-electron chi connectivity index (χ4n) is 2.57. The normalized spacial score (nSPS) is 11.5. The van der Waals surface area contributed by atoms with Gasteiger partial charge in [0.15, 0.2) is 0 Å². The number of phenolic OH excluding ortho intramolecular Hbond substituents is 1. The van der Waals surface area contributed by atoms with E-state index in [0.717, 1.165) is 17.0 Å². The van der Waals surface area contributed by atoms with Crippen LogP contribution in [-0.4, -0.2) is 27.0 Å². The molecule has 5 nitrogen and oxygen atoms in total. The third-order valence-electron chi connectivity index (χ3n) is 3.87. The molecular formula is C19H21N3O2. The molecule has 2 aromatic heterocycles. The highest BCUT2D eigenvalue weighted by atomic mass is 16.5. The summed E-state index contributed by atoms with van der Waals surface area (Å²) < 4.78 is 7.04. The highest BCUT2D eigenvalue weighted by Crippen LogP contribution is 2.38. The number of rotatable bonds is 3. The van der Waals surface area contributed by atoms with Crippen LogP contribution >= 0.6 is 0 Å². The molecule has 0 aliphatic rings. The summed E-state index contributed by atoms with van der Waals surface area (Å²) in [5.41, 5.74) is 2.71. The molecule has 2 heterocycles. The molecule has 0 aliphatic heterocycles. The number of pyridine rings is 1. The summed E-state index contributed by atoms with van der Waals surface area (Å²) in [5.74, 6) is 0.890. The number of hydrogen-bond donors (Lipinski definition) is 1. The van der Waals surface area contributed by atoms with Crippen molar-refractivity contribution < 1.29 is 9.84 Å². The van der Waals surface area contributed by atoms with Crippen LogP contribution in [0.4, 0.5) is 0 Å². The first kappa shape index (κ1) is 16.1. The topological polar surface area (TPSA) is 60.2 Å². The fourth-order valence-corrected chi connectivity index (χ4v) is 2.57. The molecule has 0 unspecified atom stereocenters. The van der Waals surface area contributed by atoms with Gasteiger partial charge < -0.3 is 9.84 Å². The van der Waals surface area contributed by atoms with E-state index in [4.69, 9.17) is 4.74 Å². The van der Waals surface area contributed by atoms with Gasteiger partial charge in [0, 0.05) is 24.0 Å². The van der Waals surface area contributed by atoms with Crippen molar-refractivity contribution in [2.45, 2.75) is 26.2 Å². The molecule has 3 rings (SSSR count). The van der Waals surface area contributed by atoms with Crippen LogP contribution in [0.3, 0.4) is 0 Å². The lowest BCUT2D eigenvalue weighted by Gasteiger charge is -2.23. The zero-order chi connectivity index (χ0) is 17.3. The van der Waals surface area contributed by atoms with Crippen LogP contribution in [0.25, 0.3) is 17.1 Å². The van der Waals surface area contributed by atoms with Gasteiger partial charge in [0.25, 0.3) is 0 Å². The van der Waals surface area contributed by atoms with Crippen LogP contribution in [0.1, 0.15) is 26.3 Å². The molecule has 0 atom stereocenters. The van der Waals surface area contributed by atoms with Crippen molar-refractivity contribution in [2.24, 2.45) is 0 Å². The Morgan fingerprint density at radius 2 is 1.88 bits per heavy atom. The minimum Gasteiger partial charge on any atom is -0.505 e. The zero-order valence-corrected chi connectivity index (χ0v) is 14.3. The number of hydrogen-bond acceptors (Lipinski definition) is 4. The summed E-state index contributed by atoms with van der Waals surface area (Å²) in [7, 11) is 1.62. The Bertz CT molecular complexity index is 849. The highest BCUT2D eigenvalue weighted by molar-refractivity contribution is 5.59. The van der Waals surface area contributed by atoms with Crippen molar-refractivity contribution in [3.63, 3.8) is 0 Å². The minimum absolute atomic E-state index is 0.207. The van der Waals surface area contributed by atoms with Crippen LogP contribution in [0, 0.1) is 0 Å². The predicted octanol–water partition coefficient (Wildman–Crippen LogP) is 3.95. The SMILES string of the molecule is COc1cc(-n2ccc(-c3ccccn3)n2)c(O)c(C(C)(C)C)c1. The molecular weight excluding hydrogens is 302 g/mol. The zero-order valence-electron chi connectivity index (χ0n) is 14.3. The lowest BCUT2D eigenvalue weighted by molar-refractivity contribution is 0.404. The summed E-state index contributed by atoms with van der Waals surface area (Å²) in [4.78, 5) is 4.31. The number of nitrogens with zero attached hydrogens (tertiary/aromatic N) is 3. The molecule has 24 heavy (non-hydrogen) atoms. The molecule has 3 aromatic rings. The molecule has 0 saturated heterocycles. The van der Waals surface area contributed by atoms with E-state index in [2.05, 4.69) is 10.1 Å². The van der Waals surface area contributed by atoms with Crippen molar-refractivity contribution in [3.05, 3.63) is 54.4 Å². The molecule has 0 saturated carbocycles.